The maximum absolute atomic E-state index is 11.8. The Hall–Kier alpha value is -2.86. The van der Waals surface area contributed by atoms with E-state index in [2.05, 4.69) is 15.8 Å². The van der Waals surface area contributed by atoms with Crippen molar-refractivity contribution in [2.75, 3.05) is 11.9 Å². The Kier molecular flexibility index (Phi) is 6.54. The van der Waals surface area contributed by atoms with Crippen molar-refractivity contribution in [2.45, 2.75) is 13.8 Å². The van der Waals surface area contributed by atoms with Gasteiger partial charge in [-0.05, 0) is 48.9 Å². The SMILES string of the molecule is CC(=O)Nc1cccc(/C(C)=N/NC(=O)COc2ccc(Cl)cc2)c1. The number of carbonyl (C=O) groups is 2. The Morgan fingerprint density at radius 2 is 1.84 bits per heavy atom. The number of ether oxygens (including phenoxy) is 1. The number of hydrazone groups is 1. The molecule has 0 heterocycles. The van der Waals surface area contributed by atoms with Crippen LogP contribution in [0, 0.1) is 0 Å². The Labute approximate surface area is 150 Å². The molecule has 0 unspecified atom stereocenters. The number of anilines is 1. The molecule has 0 saturated heterocycles. The van der Waals surface area contributed by atoms with Gasteiger partial charge in [0.25, 0.3) is 5.91 Å². The second-order valence-corrected chi connectivity index (χ2v) is 5.67. The molecule has 7 heteroatoms. The summed E-state index contributed by atoms with van der Waals surface area (Å²) >= 11 is 5.78. The lowest BCUT2D eigenvalue weighted by Gasteiger charge is -2.07. The molecule has 2 aromatic carbocycles. The van der Waals surface area contributed by atoms with Gasteiger partial charge >= 0.3 is 0 Å². The third-order valence-corrected chi connectivity index (χ3v) is 3.38. The number of hydrogen-bond acceptors (Lipinski definition) is 4. The van der Waals surface area contributed by atoms with E-state index in [-0.39, 0.29) is 18.4 Å². The largest absolute Gasteiger partial charge is 0.484 e. The molecule has 0 aliphatic carbocycles. The van der Waals surface area contributed by atoms with Crippen LogP contribution in [0.1, 0.15) is 19.4 Å². The topological polar surface area (TPSA) is 79.8 Å². The van der Waals surface area contributed by atoms with Gasteiger partial charge < -0.3 is 10.1 Å². The van der Waals surface area contributed by atoms with Crippen molar-refractivity contribution in [3.63, 3.8) is 0 Å². The zero-order valence-electron chi connectivity index (χ0n) is 13.9. The van der Waals surface area contributed by atoms with Gasteiger partial charge in [0.05, 0.1) is 5.71 Å². The Bertz CT molecular complexity index is 788. The molecule has 0 bridgehead atoms. The highest BCUT2D eigenvalue weighted by atomic mass is 35.5. The molecule has 0 atom stereocenters. The molecule has 0 spiro atoms. The minimum Gasteiger partial charge on any atom is -0.484 e. The van der Waals surface area contributed by atoms with Crippen molar-refractivity contribution in [2.24, 2.45) is 5.10 Å². The van der Waals surface area contributed by atoms with Crippen molar-refractivity contribution in [1.82, 2.24) is 5.43 Å². The molecule has 25 heavy (non-hydrogen) atoms. The second kappa shape index (κ2) is 8.84. The summed E-state index contributed by atoms with van der Waals surface area (Å²) in [7, 11) is 0. The number of carbonyl (C=O) groups excluding carboxylic acids is 2. The summed E-state index contributed by atoms with van der Waals surface area (Å²) in [6.07, 6.45) is 0. The first-order valence-corrected chi connectivity index (χ1v) is 7.91. The molecule has 0 aromatic heterocycles. The summed E-state index contributed by atoms with van der Waals surface area (Å²) in [5.74, 6) is 0.00923. The monoisotopic (exact) mass is 359 g/mol. The van der Waals surface area contributed by atoms with E-state index in [4.69, 9.17) is 16.3 Å². The lowest BCUT2D eigenvalue weighted by molar-refractivity contribution is -0.123. The minimum absolute atomic E-state index is 0.153. The quantitative estimate of drug-likeness (QED) is 0.614. The minimum atomic E-state index is -0.382. The van der Waals surface area contributed by atoms with Gasteiger partial charge in [0.1, 0.15) is 5.75 Å². The fraction of sp³-hybridized carbons (Fsp3) is 0.167. The molecule has 2 N–H and O–H groups in total. The van der Waals surface area contributed by atoms with Crippen LogP contribution in [0.4, 0.5) is 5.69 Å². The van der Waals surface area contributed by atoms with Crippen molar-refractivity contribution in [3.8, 4) is 5.75 Å². The first kappa shape index (κ1) is 18.5. The summed E-state index contributed by atoms with van der Waals surface area (Å²) in [4.78, 5) is 22.9. The lowest BCUT2D eigenvalue weighted by atomic mass is 10.1. The van der Waals surface area contributed by atoms with Crippen LogP contribution in [0.3, 0.4) is 0 Å². The van der Waals surface area contributed by atoms with Gasteiger partial charge in [-0.25, -0.2) is 5.43 Å². The Morgan fingerprint density at radius 3 is 2.52 bits per heavy atom. The van der Waals surface area contributed by atoms with Crippen LogP contribution >= 0.6 is 11.6 Å². The molecule has 0 aliphatic rings. The summed E-state index contributed by atoms with van der Waals surface area (Å²) in [5.41, 5.74) is 4.48. The summed E-state index contributed by atoms with van der Waals surface area (Å²) in [6, 6.07) is 13.9. The highest BCUT2D eigenvalue weighted by Crippen LogP contribution is 2.15. The second-order valence-electron chi connectivity index (χ2n) is 5.24. The van der Waals surface area contributed by atoms with Crippen LogP contribution in [0.25, 0.3) is 0 Å². The van der Waals surface area contributed by atoms with E-state index in [0.29, 0.717) is 22.2 Å². The summed E-state index contributed by atoms with van der Waals surface area (Å²) < 4.78 is 5.34. The first-order chi connectivity index (χ1) is 11.9. The molecule has 2 aromatic rings. The van der Waals surface area contributed by atoms with Crippen molar-refractivity contribution in [1.29, 1.82) is 0 Å². The van der Waals surface area contributed by atoms with Crippen molar-refractivity contribution >= 4 is 34.8 Å². The average Bonchev–Trinajstić information content (AvgIpc) is 2.59. The molecule has 0 radical (unpaired) electrons. The molecule has 2 amide bonds. The van der Waals surface area contributed by atoms with E-state index in [0.717, 1.165) is 5.56 Å². The number of hydrogen-bond donors (Lipinski definition) is 2. The van der Waals surface area contributed by atoms with Crippen LogP contribution in [-0.4, -0.2) is 24.1 Å². The smallest absolute Gasteiger partial charge is 0.277 e. The van der Waals surface area contributed by atoms with Crippen LogP contribution in [0.15, 0.2) is 53.6 Å². The summed E-state index contributed by atoms with van der Waals surface area (Å²) in [6.45, 7) is 3.03. The van der Waals surface area contributed by atoms with Gasteiger partial charge in [-0.2, -0.15) is 5.10 Å². The number of nitrogens with zero attached hydrogens (tertiary/aromatic N) is 1. The number of amides is 2. The van der Waals surface area contributed by atoms with Crippen LogP contribution in [-0.2, 0) is 9.59 Å². The number of nitrogens with one attached hydrogen (secondary N) is 2. The van der Waals surface area contributed by atoms with Gasteiger partial charge in [0.15, 0.2) is 6.61 Å². The average molecular weight is 360 g/mol. The van der Waals surface area contributed by atoms with Gasteiger partial charge in [-0.15, -0.1) is 0 Å². The van der Waals surface area contributed by atoms with Crippen LogP contribution in [0.5, 0.6) is 5.75 Å². The Morgan fingerprint density at radius 1 is 1.12 bits per heavy atom. The molecular formula is C18H18ClN3O3. The Balaban J connectivity index is 1.90. The molecule has 0 aliphatic heterocycles. The van der Waals surface area contributed by atoms with E-state index < -0.39 is 0 Å². The molecule has 6 nitrogen and oxygen atoms in total. The number of halogens is 1. The van der Waals surface area contributed by atoms with E-state index in [1.807, 2.05) is 6.07 Å². The van der Waals surface area contributed by atoms with Gasteiger partial charge in [0.2, 0.25) is 5.91 Å². The van der Waals surface area contributed by atoms with E-state index in [1.165, 1.54) is 6.92 Å². The number of benzene rings is 2. The molecule has 130 valence electrons. The first-order valence-electron chi connectivity index (χ1n) is 7.53. The zero-order valence-corrected chi connectivity index (χ0v) is 14.6. The predicted octanol–water partition coefficient (Wildman–Crippen LogP) is 3.22. The fourth-order valence-corrected chi connectivity index (χ4v) is 2.07. The van der Waals surface area contributed by atoms with Crippen LogP contribution in [0.2, 0.25) is 5.02 Å². The highest BCUT2D eigenvalue weighted by Gasteiger charge is 2.04. The molecule has 0 saturated carbocycles. The lowest BCUT2D eigenvalue weighted by Crippen LogP contribution is -2.25. The zero-order chi connectivity index (χ0) is 18.2. The molecular weight excluding hydrogens is 342 g/mol. The maximum atomic E-state index is 11.8. The van der Waals surface area contributed by atoms with Crippen molar-refractivity contribution in [3.05, 3.63) is 59.1 Å². The molecule has 0 fully saturated rings. The van der Waals surface area contributed by atoms with E-state index in [9.17, 15) is 9.59 Å². The fourth-order valence-electron chi connectivity index (χ4n) is 1.95. The van der Waals surface area contributed by atoms with Crippen LogP contribution < -0.4 is 15.5 Å². The maximum Gasteiger partial charge on any atom is 0.277 e. The van der Waals surface area contributed by atoms with E-state index >= 15 is 0 Å². The third kappa shape index (κ3) is 6.27. The predicted molar refractivity (Wildman–Crippen MR) is 98.0 cm³/mol. The number of rotatable bonds is 6. The van der Waals surface area contributed by atoms with Crippen molar-refractivity contribution < 1.29 is 14.3 Å². The van der Waals surface area contributed by atoms with E-state index in [1.54, 1.807) is 49.4 Å². The third-order valence-electron chi connectivity index (χ3n) is 3.13. The van der Waals surface area contributed by atoms with Gasteiger partial charge in [0, 0.05) is 17.6 Å². The van der Waals surface area contributed by atoms with Gasteiger partial charge in [-0.3, -0.25) is 9.59 Å². The van der Waals surface area contributed by atoms with Gasteiger partial charge in [-0.1, -0.05) is 23.7 Å². The normalized spacial score (nSPS) is 10.9. The summed E-state index contributed by atoms with van der Waals surface area (Å²) in [5, 5.41) is 7.34. The standard InChI is InChI=1S/C18H18ClN3O3/c1-12(14-4-3-5-16(10-14)20-13(2)23)21-22-18(24)11-25-17-8-6-15(19)7-9-17/h3-10H,11H2,1-2H3,(H,20,23)(H,22,24)/b21-12+. The molecule has 2 rings (SSSR count). The highest BCUT2D eigenvalue weighted by molar-refractivity contribution is 6.30.